The highest BCUT2D eigenvalue weighted by molar-refractivity contribution is 5.19. The molecule has 1 aromatic rings. The minimum absolute atomic E-state index is 0.328. The first kappa shape index (κ1) is 15.2. The zero-order chi connectivity index (χ0) is 13.4. The number of hydrogen-bond donors (Lipinski definition) is 1. The third-order valence-electron chi connectivity index (χ3n) is 2.93. The molecule has 0 fully saturated rings. The number of rotatable bonds is 7. The van der Waals surface area contributed by atoms with Crippen molar-refractivity contribution in [2.75, 3.05) is 20.3 Å². The van der Waals surface area contributed by atoms with Gasteiger partial charge in [0.2, 0.25) is 0 Å². The Morgan fingerprint density at radius 1 is 1.17 bits per heavy atom. The Kier molecular flexibility index (Phi) is 6.37. The molecule has 0 aliphatic heterocycles. The van der Waals surface area contributed by atoms with Crippen molar-refractivity contribution in [3.8, 4) is 0 Å². The van der Waals surface area contributed by atoms with Gasteiger partial charge in [0.25, 0.3) is 0 Å². The molecule has 1 rings (SSSR count). The summed E-state index contributed by atoms with van der Waals surface area (Å²) in [5.41, 5.74) is 1.71. The predicted molar refractivity (Wildman–Crippen MR) is 77.8 cm³/mol. The third kappa shape index (κ3) is 6.18. The first-order valence-electron chi connectivity index (χ1n) is 6.80. The Morgan fingerprint density at radius 3 is 2.39 bits per heavy atom. The second-order valence-corrected chi connectivity index (χ2v) is 6.03. The van der Waals surface area contributed by atoms with Gasteiger partial charge in [-0.3, -0.25) is 0 Å². The molecule has 0 saturated heterocycles. The van der Waals surface area contributed by atoms with Gasteiger partial charge in [0.05, 0.1) is 0 Å². The maximum absolute atomic E-state index is 5.09. The molecular formula is C16H27NO. The van der Waals surface area contributed by atoms with Gasteiger partial charge in [0.15, 0.2) is 0 Å². The van der Waals surface area contributed by atoms with E-state index in [0.29, 0.717) is 11.5 Å². The lowest BCUT2D eigenvalue weighted by molar-refractivity contribution is 0.191. The highest BCUT2D eigenvalue weighted by atomic mass is 16.5. The summed E-state index contributed by atoms with van der Waals surface area (Å²) >= 11 is 0. The number of benzene rings is 1. The molecule has 1 unspecified atom stereocenters. The summed E-state index contributed by atoms with van der Waals surface area (Å²) in [5, 5.41) is 3.65. The predicted octanol–water partition coefficient (Wildman–Crippen LogP) is 3.79. The van der Waals surface area contributed by atoms with Crippen LogP contribution < -0.4 is 5.32 Å². The lowest BCUT2D eigenvalue weighted by Gasteiger charge is -2.27. The molecule has 1 aromatic carbocycles. The first-order valence-corrected chi connectivity index (χ1v) is 6.80. The van der Waals surface area contributed by atoms with Crippen LogP contribution in [0.5, 0.6) is 0 Å². The fourth-order valence-electron chi connectivity index (χ4n) is 2.10. The van der Waals surface area contributed by atoms with E-state index in [2.05, 4.69) is 56.4 Å². The number of methoxy groups -OCH3 is 1. The number of nitrogens with one attached hydrogen (secondary N) is 1. The van der Waals surface area contributed by atoms with Crippen molar-refractivity contribution in [2.24, 2.45) is 5.41 Å². The van der Waals surface area contributed by atoms with E-state index in [1.807, 2.05) is 0 Å². The zero-order valence-electron chi connectivity index (χ0n) is 12.2. The maximum atomic E-state index is 5.09. The van der Waals surface area contributed by atoms with E-state index >= 15 is 0 Å². The number of hydrogen-bond acceptors (Lipinski definition) is 2. The molecule has 1 atom stereocenters. The molecule has 0 radical (unpaired) electrons. The van der Waals surface area contributed by atoms with Crippen molar-refractivity contribution in [2.45, 2.75) is 39.7 Å². The van der Waals surface area contributed by atoms with Gasteiger partial charge < -0.3 is 10.1 Å². The lowest BCUT2D eigenvalue weighted by Crippen LogP contribution is -2.27. The third-order valence-corrected chi connectivity index (χ3v) is 2.93. The quantitative estimate of drug-likeness (QED) is 0.742. The van der Waals surface area contributed by atoms with E-state index in [9.17, 15) is 0 Å². The van der Waals surface area contributed by atoms with Crippen molar-refractivity contribution in [1.29, 1.82) is 0 Å². The molecule has 0 aliphatic carbocycles. The Bertz CT molecular complexity index is 316. The zero-order valence-corrected chi connectivity index (χ0v) is 12.2. The summed E-state index contributed by atoms with van der Waals surface area (Å²) in [4.78, 5) is 0. The van der Waals surface area contributed by atoms with E-state index in [4.69, 9.17) is 4.74 Å². The van der Waals surface area contributed by atoms with Crippen LogP contribution >= 0.6 is 0 Å². The molecule has 0 bridgehead atoms. The SMILES string of the molecule is COCCCNC(CC(C)(C)C)c1ccccc1. The van der Waals surface area contributed by atoms with Crippen molar-refractivity contribution < 1.29 is 4.74 Å². The molecule has 0 spiro atoms. The Labute approximate surface area is 112 Å². The topological polar surface area (TPSA) is 21.3 Å². The minimum Gasteiger partial charge on any atom is -0.385 e. The Balaban J connectivity index is 2.58. The molecule has 2 nitrogen and oxygen atoms in total. The van der Waals surface area contributed by atoms with E-state index in [1.54, 1.807) is 7.11 Å². The van der Waals surface area contributed by atoms with E-state index < -0.39 is 0 Å². The molecular weight excluding hydrogens is 222 g/mol. The van der Waals surface area contributed by atoms with Gasteiger partial charge in [-0.05, 0) is 30.4 Å². The van der Waals surface area contributed by atoms with Gasteiger partial charge in [-0.25, -0.2) is 0 Å². The summed E-state index contributed by atoms with van der Waals surface area (Å²) in [6.45, 7) is 8.70. The van der Waals surface area contributed by atoms with E-state index in [0.717, 1.165) is 26.0 Å². The van der Waals surface area contributed by atoms with Crippen LogP contribution in [0.3, 0.4) is 0 Å². The van der Waals surface area contributed by atoms with Crippen LogP contribution in [0.25, 0.3) is 0 Å². The van der Waals surface area contributed by atoms with Crippen LogP contribution in [0.1, 0.15) is 45.2 Å². The first-order chi connectivity index (χ1) is 8.53. The van der Waals surface area contributed by atoms with Crippen LogP contribution in [-0.4, -0.2) is 20.3 Å². The average Bonchev–Trinajstić information content (AvgIpc) is 2.33. The van der Waals surface area contributed by atoms with E-state index in [-0.39, 0.29) is 0 Å². The van der Waals surface area contributed by atoms with Gasteiger partial charge in [0, 0.05) is 19.8 Å². The van der Waals surface area contributed by atoms with Gasteiger partial charge in [-0.15, -0.1) is 0 Å². The van der Waals surface area contributed by atoms with Crippen LogP contribution in [0.4, 0.5) is 0 Å². The molecule has 0 aliphatic rings. The highest BCUT2D eigenvalue weighted by Gasteiger charge is 2.19. The molecule has 0 amide bonds. The molecule has 2 heteroatoms. The molecule has 18 heavy (non-hydrogen) atoms. The molecule has 1 N–H and O–H groups in total. The Morgan fingerprint density at radius 2 is 1.83 bits per heavy atom. The normalized spacial score (nSPS) is 13.6. The smallest absolute Gasteiger partial charge is 0.0474 e. The van der Waals surface area contributed by atoms with Gasteiger partial charge in [-0.2, -0.15) is 0 Å². The van der Waals surface area contributed by atoms with E-state index in [1.165, 1.54) is 5.56 Å². The summed E-state index contributed by atoms with van der Waals surface area (Å²) < 4.78 is 5.09. The minimum atomic E-state index is 0.328. The molecule has 0 heterocycles. The molecule has 0 saturated carbocycles. The van der Waals surface area contributed by atoms with Crippen molar-refractivity contribution in [3.63, 3.8) is 0 Å². The lowest BCUT2D eigenvalue weighted by atomic mass is 9.85. The largest absolute Gasteiger partial charge is 0.385 e. The van der Waals surface area contributed by atoms with Crippen LogP contribution in [0.15, 0.2) is 30.3 Å². The van der Waals surface area contributed by atoms with Crippen molar-refractivity contribution >= 4 is 0 Å². The summed E-state index contributed by atoms with van der Waals surface area (Å²) in [7, 11) is 1.75. The monoisotopic (exact) mass is 249 g/mol. The summed E-state index contributed by atoms with van der Waals surface area (Å²) in [5.74, 6) is 0. The highest BCUT2D eigenvalue weighted by Crippen LogP contribution is 2.29. The van der Waals surface area contributed by atoms with Crippen LogP contribution in [0.2, 0.25) is 0 Å². The molecule has 102 valence electrons. The average molecular weight is 249 g/mol. The van der Waals surface area contributed by atoms with Gasteiger partial charge in [-0.1, -0.05) is 51.1 Å². The Hall–Kier alpha value is -0.860. The maximum Gasteiger partial charge on any atom is 0.0474 e. The fraction of sp³-hybridized carbons (Fsp3) is 0.625. The van der Waals surface area contributed by atoms with Crippen molar-refractivity contribution in [1.82, 2.24) is 5.32 Å². The second-order valence-electron chi connectivity index (χ2n) is 6.03. The summed E-state index contributed by atoms with van der Waals surface area (Å²) in [6, 6.07) is 11.1. The van der Waals surface area contributed by atoms with Crippen LogP contribution in [-0.2, 0) is 4.74 Å². The van der Waals surface area contributed by atoms with Gasteiger partial charge >= 0.3 is 0 Å². The number of ether oxygens (including phenoxy) is 1. The summed E-state index contributed by atoms with van der Waals surface area (Å²) in [6.07, 6.45) is 2.20. The standard InChI is InChI=1S/C16H27NO/c1-16(2,3)13-15(17-11-8-12-18-4)14-9-6-5-7-10-14/h5-7,9-10,15,17H,8,11-13H2,1-4H3. The fourth-order valence-corrected chi connectivity index (χ4v) is 2.10. The second kappa shape index (κ2) is 7.55. The van der Waals surface area contributed by atoms with Gasteiger partial charge in [0.1, 0.15) is 0 Å². The van der Waals surface area contributed by atoms with Crippen LogP contribution in [0, 0.1) is 5.41 Å². The molecule has 0 aromatic heterocycles. The van der Waals surface area contributed by atoms with Crippen molar-refractivity contribution in [3.05, 3.63) is 35.9 Å².